The van der Waals surface area contributed by atoms with Gasteiger partial charge in [-0.3, -0.25) is 9.10 Å². The summed E-state index contributed by atoms with van der Waals surface area (Å²) in [6.45, 7) is 5.10. The summed E-state index contributed by atoms with van der Waals surface area (Å²) in [5, 5.41) is 2.89. The number of carbonyl (C=O) groups excluding carboxylic acids is 1. The summed E-state index contributed by atoms with van der Waals surface area (Å²) in [5.41, 5.74) is 2.82. The lowest BCUT2D eigenvalue weighted by Crippen LogP contribution is -2.41. The van der Waals surface area contributed by atoms with E-state index in [1.54, 1.807) is 43.5 Å². The largest absolute Gasteiger partial charge is 0.495 e. The molecule has 1 amide bonds. The van der Waals surface area contributed by atoms with Gasteiger partial charge in [0.05, 0.1) is 38.0 Å². The van der Waals surface area contributed by atoms with E-state index in [0.717, 1.165) is 21.0 Å². The number of sulfonamides is 1. The van der Waals surface area contributed by atoms with E-state index < -0.39 is 28.5 Å². The highest BCUT2D eigenvalue weighted by Gasteiger charge is 2.30. The molecule has 192 valence electrons. The van der Waals surface area contributed by atoms with Crippen molar-refractivity contribution in [3.8, 4) is 17.2 Å². The predicted octanol–water partition coefficient (Wildman–Crippen LogP) is 4.40. The van der Waals surface area contributed by atoms with Crippen LogP contribution >= 0.6 is 0 Å². The molecular weight excluding hydrogens is 480 g/mol. The van der Waals surface area contributed by atoms with Gasteiger partial charge in [-0.15, -0.1) is 0 Å². The van der Waals surface area contributed by atoms with E-state index in [1.807, 2.05) is 32.9 Å². The monoisotopic (exact) mass is 512 g/mol. The van der Waals surface area contributed by atoms with Gasteiger partial charge in [-0.2, -0.15) is 0 Å². The van der Waals surface area contributed by atoms with Crippen LogP contribution in [-0.4, -0.2) is 42.2 Å². The topological polar surface area (TPSA) is 94.2 Å². The Morgan fingerprint density at radius 1 is 0.833 bits per heavy atom. The van der Waals surface area contributed by atoms with Gasteiger partial charge in [0, 0.05) is 0 Å². The van der Waals surface area contributed by atoms with Gasteiger partial charge in [0.25, 0.3) is 10.0 Å². The van der Waals surface area contributed by atoms with E-state index in [4.69, 9.17) is 14.2 Å². The lowest BCUT2D eigenvalue weighted by Gasteiger charge is -2.27. The molecular formula is C27H32N2O6S. The number of ether oxygens (including phenoxy) is 3. The Morgan fingerprint density at radius 2 is 1.42 bits per heavy atom. The van der Waals surface area contributed by atoms with Gasteiger partial charge in [0.15, 0.2) is 11.5 Å². The number of rotatable bonds is 10. The van der Waals surface area contributed by atoms with E-state index in [2.05, 4.69) is 5.32 Å². The van der Waals surface area contributed by atoms with Crippen LogP contribution in [0.5, 0.6) is 17.2 Å². The Morgan fingerprint density at radius 3 is 2.03 bits per heavy atom. The minimum Gasteiger partial charge on any atom is -0.495 e. The number of hydrogen-bond acceptors (Lipinski definition) is 6. The molecule has 9 heteroatoms. The molecule has 1 N–H and O–H groups in total. The number of aryl methyl sites for hydroxylation is 2. The van der Waals surface area contributed by atoms with Gasteiger partial charge in [-0.25, -0.2) is 8.42 Å². The molecule has 0 aliphatic rings. The van der Waals surface area contributed by atoms with Crippen molar-refractivity contribution in [2.75, 3.05) is 32.2 Å². The second-order valence-electron chi connectivity index (χ2n) is 8.40. The van der Waals surface area contributed by atoms with Gasteiger partial charge >= 0.3 is 0 Å². The van der Waals surface area contributed by atoms with Gasteiger partial charge in [0.1, 0.15) is 12.3 Å². The van der Waals surface area contributed by atoms with Crippen LogP contribution in [-0.2, 0) is 14.8 Å². The molecule has 0 spiro atoms. The van der Waals surface area contributed by atoms with Gasteiger partial charge < -0.3 is 19.5 Å². The standard InChI is InChI=1S/C27H32N2O6S/c1-18-7-11-22(12-8-18)36(31,32)29(23-15-19(2)9-13-24(23)33-4)17-27(30)28-20(3)21-10-14-25(34-5)26(16-21)35-6/h7-16,20H,17H2,1-6H3,(H,28,30)/t20-/m1/s1. The van der Waals surface area contributed by atoms with E-state index in [1.165, 1.54) is 26.4 Å². The number of nitrogens with zero attached hydrogens (tertiary/aromatic N) is 1. The summed E-state index contributed by atoms with van der Waals surface area (Å²) < 4.78 is 44.6. The molecule has 1 atom stereocenters. The van der Waals surface area contributed by atoms with Gasteiger partial charge in [0.2, 0.25) is 5.91 Å². The fraction of sp³-hybridized carbons (Fsp3) is 0.296. The SMILES string of the molecule is COc1ccc([C@@H](C)NC(=O)CN(c2cc(C)ccc2OC)S(=O)(=O)c2ccc(C)cc2)cc1OC. The molecule has 0 aromatic heterocycles. The highest BCUT2D eigenvalue weighted by molar-refractivity contribution is 7.92. The van der Waals surface area contributed by atoms with Crippen molar-refractivity contribution >= 4 is 21.6 Å². The van der Waals surface area contributed by atoms with Crippen LogP contribution in [0.15, 0.2) is 65.6 Å². The Kier molecular flexibility index (Phi) is 8.47. The van der Waals surface area contributed by atoms with Crippen LogP contribution in [0.4, 0.5) is 5.69 Å². The number of anilines is 1. The fourth-order valence-corrected chi connectivity index (χ4v) is 5.18. The summed E-state index contributed by atoms with van der Waals surface area (Å²) in [4.78, 5) is 13.3. The maximum absolute atomic E-state index is 13.7. The van der Waals surface area contributed by atoms with Crippen molar-refractivity contribution in [2.24, 2.45) is 0 Å². The smallest absolute Gasteiger partial charge is 0.264 e. The number of benzene rings is 3. The van der Waals surface area contributed by atoms with Crippen LogP contribution in [0.3, 0.4) is 0 Å². The average Bonchev–Trinajstić information content (AvgIpc) is 2.86. The molecule has 0 heterocycles. The van der Waals surface area contributed by atoms with Crippen LogP contribution in [0.2, 0.25) is 0 Å². The summed E-state index contributed by atoms with van der Waals surface area (Å²) in [5.74, 6) is 0.972. The molecule has 0 saturated heterocycles. The second kappa shape index (κ2) is 11.3. The molecule has 0 saturated carbocycles. The second-order valence-corrected chi connectivity index (χ2v) is 10.3. The Labute approximate surface area is 212 Å². The number of carbonyl (C=O) groups is 1. The third-order valence-electron chi connectivity index (χ3n) is 5.78. The van der Waals surface area contributed by atoms with Crippen molar-refractivity contribution in [1.82, 2.24) is 5.32 Å². The maximum Gasteiger partial charge on any atom is 0.264 e. The molecule has 0 aliphatic heterocycles. The molecule has 0 bridgehead atoms. The Hall–Kier alpha value is -3.72. The van der Waals surface area contributed by atoms with Crippen LogP contribution < -0.4 is 23.8 Å². The molecule has 3 rings (SSSR count). The summed E-state index contributed by atoms with van der Waals surface area (Å²) in [6.07, 6.45) is 0. The zero-order valence-corrected chi connectivity index (χ0v) is 22.2. The van der Waals surface area contributed by atoms with Gasteiger partial charge in [-0.1, -0.05) is 29.8 Å². The highest BCUT2D eigenvalue weighted by Crippen LogP contribution is 2.34. The Bertz CT molecular complexity index is 1320. The van der Waals surface area contributed by atoms with Crippen molar-refractivity contribution in [1.29, 1.82) is 0 Å². The average molecular weight is 513 g/mol. The molecule has 0 fully saturated rings. The Balaban J connectivity index is 1.95. The van der Waals surface area contributed by atoms with Crippen LogP contribution in [0.1, 0.15) is 29.7 Å². The lowest BCUT2D eigenvalue weighted by molar-refractivity contribution is -0.120. The van der Waals surface area contributed by atoms with E-state index in [9.17, 15) is 13.2 Å². The third kappa shape index (κ3) is 5.91. The zero-order valence-electron chi connectivity index (χ0n) is 21.4. The lowest BCUT2D eigenvalue weighted by atomic mass is 10.1. The molecule has 3 aromatic rings. The van der Waals surface area contributed by atoms with Gasteiger partial charge in [-0.05, 0) is 68.3 Å². The number of hydrogen-bond donors (Lipinski definition) is 1. The van der Waals surface area contributed by atoms with E-state index in [0.29, 0.717) is 17.2 Å². The normalized spacial score (nSPS) is 11.9. The first kappa shape index (κ1) is 26.9. The minimum atomic E-state index is -4.08. The fourth-order valence-electron chi connectivity index (χ4n) is 3.76. The number of amides is 1. The first-order chi connectivity index (χ1) is 17.1. The molecule has 0 aliphatic carbocycles. The van der Waals surface area contributed by atoms with Crippen molar-refractivity contribution < 1.29 is 27.4 Å². The predicted molar refractivity (Wildman–Crippen MR) is 140 cm³/mol. The van der Waals surface area contributed by atoms with Crippen molar-refractivity contribution in [3.63, 3.8) is 0 Å². The maximum atomic E-state index is 13.7. The van der Waals surface area contributed by atoms with Crippen molar-refractivity contribution in [2.45, 2.75) is 31.7 Å². The molecule has 8 nitrogen and oxygen atoms in total. The first-order valence-corrected chi connectivity index (χ1v) is 12.8. The third-order valence-corrected chi connectivity index (χ3v) is 7.56. The molecule has 0 radical (unpaired) electrons. The molecule has 3 aromatic carbocycles. The number of nitrogens with one attached hydrogen (secondary N) is 1. The summed E-state index contributed by atoms with van der Waals surface area (Å²) in [7, 11) is 0.466. The van der Waals surface area contributed by atoms with Crippen LogP contribution in [0, 0.1) is 13.8 Å². The zero-order chi connectivity index (χ0) is 26.5. The number of methoxy groups -OCH3 is 3. The minimum absolute atomic E-state index is 0.0809. The van der Waals surface area contributed by atoms with E-state index in [-0.39, 0.29) is 10.6 Å². The quantitative estimate of drug-likeness (QED) is 0.433. The van der Waals surface area contributed by atoms with Crippen molar-refractivity contribution in [3.05, 3.63) is 77.4 Å². The molecule has 36 heavy (non-hydrogen) atoms. The summed E-state index contributed by atoms with van der Waals surface area (Å²) >= 11 is 0. The highest BCUT2D eigenvalue weighted by atomic mass is 32.2. The molecule has 0 unspecified atom stereocenters. The summed E-state index contributed by atoms with van der Waals surface area (Å²) in [6, 6.07) is 16.6. The first-order valence-electron chi connectivity index (χ1n) is 11.4. The van der Waals surface area contributed by atoms with Crippen LogP contribution in [0.25, 0.3) is 0 Å². The van der Waals surface area contributed by atoms with E-state index >= 15 is 0 Å².